The fraction of sp³-hybridized carbons (Fsp3) is 0.650. The Hall–Kier alpha value is -2.07. The Balaban J connectivity index is 0.000000383. The molecule has 2 aromatic heterocycles. The van der Waals surface area contributed by atoms with Crippen molar-refractivity contribution in [3.05, 3.63) is 12.1 Å². The number of nitrogens with zero attached hydrogens (tertiary/aromatic N) is 2. The van der Waals surface area contributed by atoms with Crippen LogP contribution in [0.5, 0.6) is 11.1 Å². The fourth-order valence-electron chi connectivity index (χ4n) is 2.23. The summed E-state index contributed by atoms with van der Waals surface area (Å²) >= 11 is 1.32. The van der Waals surface area contributed by atoms with Gasteiger partial charge >= 0.3 is 0 Å². The Labute approximate surface area is 180 Å². The van der Waals surface area contributed by atoms with Crippen molar-refractivity contribution < 1.29 is 28.1 Å². The van der Waals surface area contributed by atoms with Crippen LogP contribution in [0.3, 0.4) is 0 Å². The summed E-state index contributed by atoms with van der Waals surface area (Å²) in [5, 5.41) is 2.75. The van der Waals surface area contributed by atoms with Gasteiger partial charge in [-0.15, -0.1) is 0 Å². The van der Waals surface area contributed by atoms with Crippen LogP contribution >= 0.6 is 11.3 Å². The maximum Gasteiger partial charge on any atom is 0.275 e. The van der Waals surface area contributed by atoms with Crippen molar-refractivity contribution in [1.29, 1.82) is 0 Å². The number of ether oxygens (including phenoxy) is 2. The van der Waals surface area contributed by atoms with E-state index >= 15 is 0 Å². The van der Waals surface area contributed by atoms with Crippen LogP contribution < -0.4 is 14.8 Å². The zero-order valence-corrected chi connectivity index (χ0v) is 18.7. The molecule has 170 valence electrons. The highest BCUT2D eigenvalue weighted by molar-refractivity contribution is 7.19. The van der Waals surface area contributed by atoms with Gasteiger partial charge in [-0.3, -0.25) is 4.79 Å². The number of thiazole rings is 1. The molecule has 0 aliphatic heterocycles. The maximum absolute atomic E-state index is 12.7. The molecule has 1 amide bonds. The van der Waals surface area contributed by atoms with Crippen molar-refractivity contribution in [2.75, 3.05) is 19.8 Å². The van der Waals surface area contributed by atoms with Crippen LogP contribution in [0.1, 0.15) is 47.0 Å². The number of hydrogen-bond donors (Lipinski definition) is 1. The number of nitrogens with one attached hydrogen (secondary N) is 1. The Morgan fingerprint density at radius 1 is 1.23 bits per heavy atom. The molecule has 0 saturated heterocycles. The van der Waals surface area contributed by atoms with E-state index in [1.807, 2.05) is 26.0 Å². The smallest absolute Gasteiger partial charge is 0.275 e. The first-order valence-electron chi connectivity index (χ1n) is 10.1. The fourth-order valence-corrected chi connectivity index (χ4v) is 3.02. The lowest BCUT2D eigenvalue weighted by atomic mass is 9.86. The van der Waals surface area contributed by atoms with E-state index < -0.39 is 6.17 Å². The summed E-state index contributed by atoms with van der Waals surface area (Å²) < 4.78 is 34.6. The van der Waals surface area contributed by atoms with Gasteiger partial charge < -0.3 is 14.8 Å². The van der Waals surface area contributed by atoms with Crippen LogP contribution in [0.2, 0.25) is 0 Å². The molecule has 10 heteroatoms. The third-order valence-corrected chi connectivity index (χ3v) is 4.88. The predicted octanol–water partition coefficient (Wildman–Crippen LogP) is 4.66. The molecule has 2 aromatic rings. The van der Waals surface area contributed by atoms with E-state index in [9.17, 15) is 13.7 Å². The van der Waals surface area contributed by atoms with Gasteiger partial charge in [-0.05, 0) is 43.2 Å². The average molecular weight is 448 g/mol. The van der Waals surface area contributed by atoms with Gasteiger partial charge in [0.05, 0.1) is 12.6 Å². The number of alkyl halides is 1. The van der Waals surface area contributed by atoms with Gasteiger partial charge in [-0.2, -0.15) is 4.94 Å². The summed E-state index contributed by atoms with van der Waals surface area (Å²) in [5.74, 6) is 1.30. The third-order valence-electron chi connectivity index (χ3n) is 4.00. The first kappa shape index (κ1) is 26.0. The molecule has 30 heavy (non-hydrogen) atoms. The molecule has 0 bridgehead atoms. The Morgan fingerprint density at radius 2 is 1.97 bits per heavy atom. The quantitative estimate of drug-likeness (QED) is 0.534. The summed E-state index contributed by atoms with van der Waals surface area (Å²) in [6, 6.07) is 3.43. The third kappa shape index (κ3) is 9.62. The monoisotopic (exact) mass is 447 g/mol. The Bertz CT molecular complexity index is 729. The molecule has 1 saturated carbocycles. The van der Waals surface area contributed by atoms with Gasteiger partial charge in [0.2, 0.25) is 12.3 Å². The molecule has 2 atom stereocenters. The molecule has 2 unspecified atom stereocenters. The minimum atomic E-state index is -1.00. The molecular formula is C20H31F2N3O4S. The Morgan fingerprint density at radius 3 is 2.53 bits per heavy atom. The second kappa shape index (κ2) is 14.8. The first-order chi connectivity index (χ1) is 14.5. The van der Waals surface area contributed by atoms with Crippen molar-refractivity contribution in [2.45, 2.75) is 59.2 Å². The first-order valence-corrected chi connectivity index (χ1v) is 10.9. The van der Waals surface area contributed by atoms with Gasteiger partial charge in [-0.25, -0.2) is 14.4 Å². The van der Waals surface area contributed by atoms with Crippen LogP contribution in [0.25, 0.3) is 10.3 Å². The van der Waals surface area contributed by atoms with Gasteiger partial charge in [0.15, 0.2) is 4.83 Å². The summed E-state index contributed by atoms with van der Waals surface area (Å²) in [7, 11) is 0. The molecule has 0 aromatic carbocycles. The number of rotatable bonds is 10. The molecule has 1 N–H and O–H groups in total. The highest BCUT2D eigenvalue weighted by Gasteiger charge is 2.18. The predicted molar refractivity (Wildman–Crippen MR) is 113 cm³/mol. The summed E-state index contributed by atoms with van der Waals surface area (Å²) in [5.41, 5.74) is 0.757. The number of aromatic nitrogens is 2. The highest BCUT2D eigenvalue weighted by atomic mass is 32.1. The molecule has 0 spiro atoms. The van der Waals surface area contributed by atoms with Crippen LogP contribution in [0.4, 0.5) is 8.92 Å². The van der Waals surface area contributed by atoms with Crippen LogP contribution in [-0.2, 0) is 9.74 Å². The van der Waals surface area contributed by atoms with Crippen molar-refractivity contribution in [3.8, 4) is 11.1 Å². The van der Waals surface area contributed by atoms with Crippen LogP contribution in [0, 0.1) is 5.92 Å². The van der Waals surface area contributed by atoms with Crippen molar-refractivity contribution in [3.63, 3.8) is 0 Å². The zero-order chi connectivity index (χ0) is 22.4. The Kier molecular flexibility index (Phi) is 12.8. The van der Waals surface area contributed by atoms with Gasteiger partial charge in [0, 0.05) is 6.07 Å². The molecule has 1 aliphatic rings. The number of pyridine rings is 1. The molecule has 3 rings (SSSR count). The topological polar surface area (TPSA) is 82.6 Å². The number of halogens is 2. The van der Waals surface area contributed by atoms with E-state index in [1.54, 1.807) is 6.92 Å². The minimum Gasteiger partial charge on any atom is -0.477 e. The van der Waals surface area contributed by atoms with E-state index in [4.69, 9.17) is 9.47 Å². The number of fused-ring (bicyclic) bond motifs is 1. The van der Waals surface area contributed by atoms with Crippen LogP contribution in [0.15, 0.2) is 12.1 Å². The van der Waals surface area contributed by atoms with E-state index in [-0.39, 0.29) is 19.3 Å². The summed E-state index contributed by atoms with van der Waals surface area (Å²) in [4.78, 5) is 22.3. The standard InChI is InChI=1S/C14H17FN2O2S.C4H8FNO2.C2H6/c1-9(15)7-19-14-16-11-5-6-12(17-13(11)20-14)18-8-10-3-2-4-10;1-4(2-8-5)6-3-7;1-2/h5-6,9-10H,2-4,7-8H2,1H3;3-4H,2H2,1H3,(H,6,7);1-2H3. The lowest BCUT2D eigenvalue weighted by Gasteiger charge is -2.24. The van der Waals surface area contributed by atoms with Gasteiger partial charge in [0.25, 0.3) is 5.19 Å². The van der Waals surface area contributed by atoms with Gasteiger partial charge in [0.1, 0.15) is 24.9 Å². The second-order valence-corrected chi connectivity index (χ2v) is 7.55. The van der Waals surface area contributed by atoms with Gasteiger partial charge in [-0.1, -0.05) is 31.6 Å². The highest BCUT2D eigenvalue weighted by Crippen LogP contribution is 2.30. The SMILES string of the molecule is CC.CC(COF)NC=O.CC(F)COc1nc2ccc(OCC3CCC3)nc2s1. The molecule has 1 aliphatic carbocycles. The zero-order valence-electron chi connectivity index (χ0n) is 17.9. The average Bonchev–Trinajstić information content (AvgIpc) is 3.10. The summed E-state index contributed by atoms with van der Waals surface area (Å²) in [6.07, 6.45) is 3.31. The summed E-state index contributed by atoms with van der Waals surface area (Å²) in [6.45, 7) is 7.75. The van der Waals surface area contributed by atoms with Crippen LogP contribution in [-0.4, -0.2) is 48.4 Å². The van der Waals surface area contributed by atoms with E-state index in [0.717, 1.165) is 17.0 Å². The van der Waals surface area contributed by atoms with E-state index in [2.05, 4.69) is 20.2 Å². The maximum atomic E-state index is 12.7. The minimum absolute atomic E-state index is 0.0187. The number of carbonyl (C=O) groups excluding carboxylic acids is 1. The molecule has 0 radical (unpaired) electrons. The molecule has 7 nitrogen and oxygen atoms in total. The largest absolute Gasteiger partial charge is 0.477 e. The molecular weight excluding hydrogens is 416 g/mol. The second-order valence-electron chi connectivity index (χ2n) is 6.61. The normalized spacial score (nSPS) is 14.9. The van der Waals surface area contributed by atoms with E-state index in [1.165, 1.54) is 37.5 Å². The van der Waals surface area contributed by atoms with Crippen molar-refractivity contribution in [1.82, 2.24) is 15.3 Å². The lowest BCUT2D eigenvalue weighted by molar-refractivity contribution is -0.139. The number of amides is 1. The molecule has 1 fully saturated rings. The molecule has 2 heterocycles. The van der Waals surface area contributed by atoms with E-state index in [0.29, 0.717) is 23.4 Å². The van der Waals surface area contributed by atoms with Crippen molar-refractivity contribution >= 4 is 28.1 Å². The van der Waals surface area contributed by atoms with Crippen molar-refractivity contribution in [2.24, 2.45) is 5.92 Å². The number of hydrogen-bond acceptors (Lipinski definition) is 7. The number of carbonyl (C=O) groups is 1. The lowest BCUT2D eigenvalue weighted by Crippen LogP contribution is -2.27.